The van der Waals surface area contributed by atoms with Crippen molar-refractivity contribution in [2.75, 3.05) is 22.4 Å². The molecular formula is C16H13BrClF3N2O3S. The average molecular weight is 486 g/mol. The van der Waals surface area contributed by atoms with Gasteiger partial charge in [-0.2, -0.15) is 13.2 Å². The standard InChI is InChI=1S/C16H13BrClF3N2O3S/c1-27(25,26)23(14-5-3-2-4-12(14)17)9-15(24)22-10-6-7-13(18)11(8-10)16(19,20)21/h2-8H,9H2,1H3,(H,22,24). The quantitative estimate of drug-likeness (QED) is 0.677. The summed E-state index contributed by atoms with van der Waals surface area (Å²) in [6.45, 7) is -0.620. The molecule has 0 unspecified atom stereocenters. The number of nitrogens with one attached hydrogen (secondary N) is 1. The van der Waals surface area contributed by atoms with Crippen molar-refractivity contribution in [3.63, 3.8) is 0 Å². The lowest BCUT2D eigenvalue weighted by Gasteiger charge is -2.23. The van der Waals surface area contributed by atoms with E-state index in [0.717, 1.165) is 16.6 Å². The molecule has 2 aromatic carbocycles. The first kappa shape index (κ1) is 21.5. The van der Waals surface area contributed by atoms with Gasteiger partial charge in [0.25, 0.3) is 0 Å². The number of benzene rings is 2. The second-order valence-electron chi connectivity index (χ2n) is 5.46. The Morgan fingerprint density at radius 2 is 1.85 bits per heavy atom. The SMILES string of the molecule is CS(=O)(=O)N(CC(=O)Nc1ccc(Cl)c(C(F)(F)F)c1)c1ccccc1Br. The number of carbonyl (C=O) groups is 1. The Morgan fingerprint density at radius 3 is 2.41 bits per heavy atom. The molecule has 0 radical (unpaired) electrons. The van der Waals surface area contributed by atoms with E-state index in [1.54, 1.807) is 18.2 Å². The molecule has 11 heteroatoms. The van der Waals surface area contributed by atoms with Gasteiger partial charge in [0, 0.05) is 10.2 Å². The van der Waals surface area contributed by atoms with Crippen molar-refractivity contribution in [2.24, 2.45) is 0 Å². The lowest BCUT2D eigenvalue weighted by atomic mass is 10.2. The molecule has 2 rings (SSSR count). The largest absolute Gasteiger partial charge is 0.417 e. The highest BCUT2D eigenvalue weighted by Crippen LogP contribution is 2.36. The fraction of sp³-hybridized carbons (Fsp3) is 0.188. The van der Waals surface area contributed by atoms with Crippen molar-refractivity contribution in [3.8, 4) is 0 Å². The van der Waals surface area contributed by atoms with E-state index in [-0.39, 0.29) is 11.4 Å². The van der Waals surface area contributed by atoms with Crippen molar-refractivity contribution in [1.29, 1.82) is 0 Å². The Kier molecular flexibility index (Phi) is 6.43. The zero-order chi connectivity index (χ0) is 20.4. The molecule has 1 N–H and O–H groups in total. The summed E-state index contributed by atoms with van der Waals surface area (Å²) in [5.41, 5.74) is -1.03. The fourth-order valence-corrected chi connectivity index (χ4v) is 3.90. The van der Waals surface area contributed by atoms with Gasteiger partial charge < -0.3 is 5.32 Å². The zero-order valence-electron chi connectivity index (χ0n) is 13.7. The van der Waals surface area contributed by atoms with Gasteiger partial charge in [0.05, 0.1) is 22.5 Å². The number of hydrogen-bond donors (Lipinski definition) is 1. The summed E-state index contributed by atoms with van der Waals surface area (Å²) in [6.07, 6.45) is -3.77. The molecule has 27 heavy (non-hydrogen) atoms. The van der Waals surface area contributed by atoms with Crippen LogP contribution < -0.4 is 9.62 Å². The van der Waals surface area contributed by atoms with Crippen molar-refractivity contribution < 1.29 is 26.4 Å². The van der Waals surface area contributed by atoms with Crippen LogP contribution in [0.3, 0.4) is 0 Å². The van der Waals surface area contributed by atoms with E-state index in [9.17, 15) is 26.4 Å². The number of hydrogen-bond acceptors (Lipinski definition) is 3. The van der Waals surface area contributed by atoms with E-state index in [1.165, 1.54) is 12.1 Å². The van der Waals surface area contributed by atoms with Crippen molar-refractivity contribution >= 4 is 54.8 Å². The molecule has 0 bridgehead atoms. The van der Waals surface area contributed by atoms with Gasteiger partial charge in [-0.05, 0) is 46.3 Å². The number of amides is 1. The van der Waals surface area contributed by atoms with Gasteiger partial charge in [-0.25, -0.2) is 8.42 Å². The first-order valence-corrected chi connectivity index (χ1v) is 10.3. The highest BCUT2D eigenvalue weighted by molar-refractivity contribution is 9.10. The molecule has 5 nitrogen and oxygen atoms in total. The topological polar surface area (TPSA) is 66.5 Å². The van der Waals surface area contributed by atoms with Crippen LogP contribution >= 0.6 is 27.5 Å². The van der Waals surface area contributed by atoms with Gasteiger partial charge in [0.2, 0.25) is 15.9 Å². The highest BCUT2D eigenvalue weighted by atomic mass is 79.9. The predicted octanol–water partition coefficient (Wildman–Crippen LogP) is 4.53. The van der Waals surface area contributed by atoms with Gasteiger partial charge in [-0.3, -0.25) is 9.10 Å². The van der Waals surface area contributed by atoms with Gasteiger partial charge in [0.15, 0.2) is 0 Å². The number of sulfonamides is 1. The second kappa shape index (κ2) is 8.07. The number of alkyl halides is 3. The Bertz CT molecular complexity index is 968. The molecule has 2 aromatic rings. The number of halogens is 5. The lowest BCUT2D eigenvalue weighted by Crippen LogP contribution is -2.37. The minimum absolute atomic E-state index is 0.155. The third-order valence-electron chi connectivity index (χ3n) is 3.36. The zero-order valence-corrected chi connectivity index (χ0v) is 16.9. The summed E-state index contributed by atoms with van der Waals surface area (Å²) in [5.74, 6) is -0.813. The molecule has 0 heterocycles. The van der Waals surface area contributed by atoms with Gasteiger partial charge in [-0.15, -0.1) is 0 Å². The monoisotopic (exact) mass is 484 g/mol. The van der Waals surface area contributed by atoms with Gasteiger partial charge in [0.1, 0.15) is 6.54 Å². The number of rotatable bonds is 5. The molecule has 0 aromatic heterocycles. The Labute approximate surface area is 167 Å². The summed E-state index contributed by atoms with van der Waals surface area (Å²) < 4.78 is 64.1. The van der Waals surface area contributed by atoms with Crippen LogP contribution in [0.5, 0.6) is 0 Å². The Hall–Kier alpha value is -1.78. The van der Waals surface area contributed by atoms with E-state index in [4.69, 9.17) is 11.6 Å². The first-order chi connectivity index (χ1) is 12.4. The molecule has 0 fully saturated rings. The molecular weight excluding hydrogens is 473 g/mol. The van der Waals surface area contributed by atoms with E-state index in [1.807, 2.05) is 0 Å². The average Bonchev–Trinajstić information content (AvgIpc) is 2.53. The molecule has 0 atom stereocenters. The maximum absolute atomic E-state index is 12.9. The molecule has 0 spiro atoms. The van der Waals surface area contributed by atoms with Crippen molar-refractivity contribution in [2.45, 2.75) is 6.18 Å². The van der Waals surface area contributed by atoms with Crippen LogP contribution in [0, 0.1) is 0 Å². The Balaban J connectivity index is 2.26. The van der Waals surface area contributed by atoms with Crippen LogP contribution in [0.25, 0.3) is 0 Å². The molecule has 0 saturated carbocycles. The minimum atomic E-state index is -4.69. The third kappa shape index (κ3) is 5.60. The fourth-order valence-electron chi connectivity index (χ4n) is 2.19. The summed E-state index contributed by atoms with van der Waals surface area (Å²) in [5, 5.41) is 1.75. The molecule has 1 amide bonds. The molecule has 0 aliphatic rings. The Morgan fingerprint density at radius 1 is 1.22 bits per heavy atom. The van der Waals surface area contributed by atoms with E-state index in [2.05, 4.69) is 21.2 Å². The third-order valence-corrected chi connectivity index (χ3v) is 5.49. The van der Waals surface area contributed by atoms with E-state index >= 15 is 0 Å². The number of para-hydroxylation sites is 1. The van der Waals surface area contributed by atoms with Crippen molar-refractivity contribution in [1.82, 2.24) is 0 Å². The molecule has 0 saturated heterocycles. The maximum Gasteiger partial charge on any atom is 0.417 e. The first-order valence-electron chi connectivity index (χ1n) is 7.28. The summed E-state index contributed by atoms with van der Waals surface area (Å²) in [7, 11) is -3.82. The van der Waals surface area contributed by atoms with E-state index < -0.39 is 39.2 Å². The summed E-state index contributed by atoms with van der Waals surface area (Å²) in [6, 6.07) is 9.22. The van der Waals surface area contributed by atoms with Crippen molar-refractivity contribution in [3.05, 3.63) is 57.5 Å². The molecule has 0 aliphatic carbocycles. The van der Waals surface area contributed by atoms with Crippen LogP contribution in [-0.4, -0.2) is 27.1 Å². The van der Waals surface area contributed by atoms with Gasteiger partial charge >= 0.3 is 6.18 Å². The minimum Gasteiger partial charge on any atom is -0.324 e. The smallest absolute Gasteiger partial charge is 0.324 e. The number of nitrogens with zero attached hydrogens (tertiary/aromatic N) is 1. The highest BCUT2D eigenvalue weighted by Gasteiger charge is 2.33. The predicted molar refractivity (Wildman–Crippen MR) is 101 cm³/mol. The summed E-state index contributed by atoms with van der Waals surface area (Å²) >= 11 is 8.74. The van der Waals surface area contributed by atoms with E-state index in [0.29, 0.717) is 10.5 Å². The van der Waals surface area contributed by atoms with Crippen LogP contribution in [0.1, 0.15) is 5.56 Å². The second-order valence-corrected chi connectivity index (χ2v) is 8.63. The van der Waals surface area contributed by atoms with Crippen LogP contribution in [0.4, 0.5) is 24.5 Å². The van der Waals surface area contributed by atoms with Crippen LogP contribution in [0.15, 0.2) is 46.9 Å². The summed E-state index contributed by atoms with van der Waals surface area (Å²) in [4.78, 5) is 12.3. The normalized spacial score (nSPS) is 11.9. The molecule has 0 aliphatic heterocycles. The number of anilines is 2. The number of carbonyl (C=O) groups excluding carboxylic acids is 1. The van der Waals surface area contributed by atoms with Crippen LogP contribution in [-0.2, 0) is 21.0 Å². The molecule has 146 valence electrons. The van der Waals surface area contributed by atoms with Crippen LogP contribution in [0.2, 0.25) is 5.02 Å². The maximum atomic E-state index is 12.9. The lowest BCUT2D eigenvalue weighted by molar-refractivity contribution is -0.137. The van der Waals surface area contributed by atoms with Gasteiger partial charge in [-0.1, -0.05) is 23.7 Å².